The first-order valence-electron chi connectivity index (χ1n) is 11.8. The molecule has 1 aromatic rings. The van der Waals surface area contributed by atoms with Crippen LogP contribution in [0.5, 0.6) is 0 Å². The number of hydrogen-bond acceptors (Lipinski definition) is 5. The highest BCUT2D eigenvalue weighted by Crippen LogP contribution is 2.21. The lowest BCUT2D eigenvalue weighted by molar-refractivity contribution is -0.182. The third-order valence-corrected chi connectivity index (χ3v) is 6.25. The van der Waals surface area contributed by atoms with Crippen LogP contribution < -0.4 is 0 Å². The van der Waals surface area contributed by atoms with E-state index in [4.69, 9.17) is 4.84 Å². The Hall–Kier alpha value is -1.54. The van der Waals surface area contributed by atoms with E-state index in [0.717, 1.165) is 77.1 Å². The van der Waals surface area contributed by atoms with E-state index >= 15 is 0 Å². The maximum absolute atomic E-state index is 14.1. The average Bonchev–Trinajstić information content (AvgIpc) is 2.77. The fourth-order valence-electron chi connectivity index (χ4n) is 4.46. The summed E-state index contributed by atoms with van der Waals surface area (Å²) in [7, 11) is 4.09. The van der Waals surface area contributed by atoms with Gasteiger partial charge in [-0.2, -0.15) is 5.06 Å². The Morgan fingerprint density at radius 2 is 2.00 bits per heavy atom. The summed E-state index contributed by atoms with van der Waals surface area (Å²) in [5.74, 6) is 0.507. The van der Waals surface area contributed by atoms with Gasteiger partial charge in [-0.15, -0.1) is 0 Å². The lowest BCUT2D eigenvalue weighted by atomic mass is 9.96. The van der Waals surface area contributed by atoms with Crippen LogP contribution in [0.4, 0.5) is 4.39 Å². The Labute approximate surface area is 186 Å². The first-order chi connectivity index (χ1) is 15.0. The highest BCUT2D eigenvalue weighted by molar-refractivity contribution is 5.76. The number of nitrogens with zero attached hydrogens (tertiary/aromatic N) is 4. The van der Waals surface area contributed by atoms with Crippen LogP contribution >= 0.6 is 0 Å². The standard InChI is InChI=1S/C24H39FN4O2/c1-26(2)15-16-28(24(30)11-14-29-13-5-6-17-31-29)19-21-8-7-12-27(18-21)20-22-9-3-4-10-23(22)25/h3-4,9-10,21H,5-8,11-20H2,1-2H3/t21-/m1/s1. The van der Waals surface area contributed by atoms with Gasteiger partial charge in [-0.1, -0.05) is 18.2 Å². The van der Waals surface area contributed by atoms with Crippen molar-refractivity contribution in [2.24, 2.45) is 5.92 Å². The largest absolute Gasteiger partial charge is 0.341 e. The fourth-order valence-corrected chi connectivity index (χ4v) is 4.46. The normalized spacial score (nSPS) is 20.8. The van der Waals surface area contributed by atoms with Crippen LogP contribution in [0.2, 0.25) is 0 Å². The van der Waals surface area contributed by atoms with Crippen LogP contribution in [0.15, 0.2) is 24.3 Å². The summed E-state index contributed by atoms with van der Waals surface area (Å²) in [5, 5.41) is 1.95. The Balaban J connectivity index is 1.53. The fraction of sp³-hybridized carbons (Fsp3) is 0.708. The number of rotatable bonds is 10. The van der Waals surface area contributed by atoms with Crippen LogP contribution in [0, 0.1) is 11.7 Å². The van der Waals surface area contributed by atoms with Gasteiger partial charge in [-0.25, -0.2) is 4.39 Å². The molecular formula is C24H39FN4O2. The molecule has 3 rings (SSSR count). The summed E-state index contributed by atoms with van der Waals surface area (Å²) < 4.78 is 14.1. The molecule has 0 N–H and O–H groups in total. The topological polar surface area (TPSA) is 39.3 Å². The molecule has 2 heterocycles. The lowest BCUT2D eigenvalue weighted by Crippen LogP contribution is -2.45. The van der Waals surface area contributed by atoms with Gasteiger partial charge in [-0.05, 0) is 58.3 Å². The van der Waals surface area contributed by atoms with Crippen molar-refractivity contribution in [1.82, 2.24) is 19.8 Å². The highest BCUT2D eigenvalue weighted by Gasteiger charge is 2.25. The van der Waals surface area contributed by atoms with E-state index in [-0.39, 0.29) is 11.7 Å². The smallest absolute Gasteiger partial charge is 0.224 e. The monoisotopic (exact) mass is 434 g/mol. The van der Waals surface area contributed by atoms with Crippen LogP contribution in [0.3, 0.4) is 0 Å². The van der Waals surface area contributed by atoms with Crippen molar-refractivity contribution in [1.29, 1.82) is 0 Å². The van der Waals surface area contributed by atoms with Crippen molar-refractivity contribution in [3.8, 4) is 0 Å². The number of carbonyl (C=O) groups is 1. The molecule has 0 saturated carbocycles. The van der Waals surface area contributed by atoms with Crippen molar-refractivity contribution < 1.29 is 14.0 Å². The first-order valence-corrected chi connectivity index (χ1v) is 11.8. The Bertz CT molecular complexity index is 681. The van der Waals surface area contributed by atoms with Gasteiger partial charge in [0.1, 0.15) is 5.82 Å². The number of likely N-dealkylation sites (tertiary alicyclic amines) is 1. The predicted molar refractivity (Wildman–Crippen MR) is 121 cm³/mol. The van der Waals surface area contributed by atoms with Crippen molar-refractivity contribution >= 4 is 5.91 Å². The summed E-state index contributed by atoms with van der Waals surface area (Å²) in [6, 6.07) is 7.04. The minimum atomic E-state index is -0.132. The molecule has 1 aromatic carbocycles. The first kappa shape index (κ1) is 24.1. The van der Waals surface area contributed by atoms with Gasteiger partial charge in [0, 0.05) is 57.8 Å². The zero-order valence-electron chi connectivity index (χ0n) is 19.3. The Kier molecular flexibility index (Phi) is 9.71. The molecule has 2 aliphatic rings. The van der Waals surface area contributed by atoms with Gasteiger partial charge in [0.05, 0.1) is 6.61 Å². The molecule has 1 atom stereocenters. The van der Waals surface area contributed by atoms with E-state index in [1.807, 2.05) is 36.2 Å². The van der Waals surface area contributed by atoms with Crippen molar-refractivity contribution in [3.63, 3.8) is 0 Å². The average molecular weight is 435 g/mol. The number of carbonyl (C=O) groups excluding carboxylic acids is 1. The lowest BCUT2D eigenvalue weighted by Gasteiger charge is -2.36. The third kappa shape index (κ3) is 8.15. The van der Waals surface area contributed by atoms with Crippen LogP contribution in [0.25, 0.3) is 0 Å². The molecule has 7 heteroatoms. The molecule has 6 nitrogen and oxygen atoms in total. The second kappa shape index (κ2) is 12.5. The summed E-state index contributed by atoms with van der Waals surface area (Å²) in [4.78, 5) is 25.2. The van der Waals surface area contributed by atoms with E-state index in [1.54, 1.807) is 6.07 Å². The van der Waals surface area contributed by atoms with Gasteiger partial charge in [0.15, 0.2) is 0 Å². The van der Waals surface area contributed by atoms with Crippen LogP contribution in [-0.2, 0) is 16.2 Å². The number of likely N-dealkylation sites (N-methyl/N-ethyl adjacent to an activating group) is 1. The van der Waals surface area contributed by atoms with Crippen LogP contribution in [0.1, 0.15) is 37.7 Å². The van der Waals surface area contributed by atoms with E-state index in [2.05, 4.69) is 9.80 Å². The van der Waals surface area contributed by atoms with E-state index in [0.29, 0.717) is 25.4 Å². The zero-order chi connectivity index (χ0) is 22.1. The molecule has 0 radical (unpaired) electrons. The molecule has 0 bridgehead atoms. The van der Waals surface area contributed by atoms with Crippen molar-refractivity contribution in [3.05, 3.63) is 35.6 Å². The molecule has 0 unspecified atom stereocenters. The molecule has 31 heavy (non-hydrogen) atoms. The van der Waals surface area contributed by atoms with Gasteiger partial charge in [0.2, 0.25) is 5.91 Å². The molecule has 0 aromatic heterocycles. The molecule has 174 valence electrons. The summed E-state index contributed by atoms with van der Waals surface area (Å²) in [5.41, 5.74) is 0.755. The zero-order valence-corrected chi connectivity index (χ0v) is 19.3. The minimum Gasteiger partial charge on any atom is -0.341 e. The highest BCUT2D eigenvalue weighted by atomic mass is 19.1. The molecule has 1 amide bonds. The number of hydrogen-bond donors (Lipinski definition) is 0. The Morgan fingerprint density at radius 1 is 1.16 bits per heavy atom. The third-order valence-electron chi connectivity index (χ3n) is 6.25. The summed E-state index contributed by atoms with van der Waals surface area (Å²) in [6.45, 7) is 7.27. The number of amides is 1. The van der Waals surface area contributed by atoms with Gasteiger partial charge < -0.3 is 9.80 Å². The van der Waals surface area contributed by atoms with Gasteiger partial charge >= 0.3 is 0 Å². The maximum Gasteiger partial charge on any atom is 0.224 e. The Morgan fingerprint density at radius 3 is 2.74 bits per heavy atom. The molecule has 0 spiro atoms. The molecule has 2 saturated heterocycles. The van der Waals surface area contributed by atoms with Crippen LogP contribution in [-0.4, -0.2) is 92.2 Å². The van der Waals surface area contributed by atoms with Crippen molar-refractivity contribution in [2.75, 3.05) is 66.5 Å². The van der Waals surface area contributed by atoms with E-state index in [9.17, 15) is 9.18 Å². The second-order valence-electron chi connectivity index (χ2n) is 9.20. The molecule has 2 aliphatic heterocycles. The van der Waals surface area contributed by atoms with E-state index < -0.39 is 0 Å². The number of benzene rings is 1. The summed E-state index contributed by atoms with van der Waals surface area (Å²) >= 11 is 0. The van der Waals surface area contributed by atoms with Crippen molar-refractivity contribution in [2.45, 2.75) is 38.6 Å². The number of halogens is 1. The summed E-state index contributed by atoms with van der Waals surface area (Å²) in [6.07, 6.45) is 4.95. The van der Waals surface area contributed by atoms with Gasteiger partial charge in [0.25, 0.3) is 0 Å². The molecule has 2 fully saturated rings. The quantitative estimate of drug-likeness (QED) is 0.566. The predicted octanol–water partition coefficient (Wildman–Crippen LogP) is 2.85. The number of hydroxylamine groups is 2. The maximum atomic E-state index is 14.1. The van der Waals surface area contributed by atoms with Gasteiger partial charge in [-0.3, -0.25) is 14.5 Å². The minimum absolute atomic E-state index is 0.132. The second-order valence-corrected chi connectivity index (χ2v) is 9.20. The molecular weight excluding hydrogens is 395 g/mol. The van der Waals surface area contributed by atoms with E-state index in [1.165, 1.54) is 6.07 Å². The molecule has 0 aliphatic carbocycles. The SMILES string of the molecule is CN(C)CCN(C[C@@H]1CCCN(Cc2ccccc2F)C1)C(=O)CCN1CCCCO1. The number of piperidine rings is 1.